The van der Waals surface area contributed by atoms with E-state index in [1.54, 1.807) is 24.4 Å². The normalized spacial score (nSPS) is 10.8. The van der Waals surface area contributed by atoms with Crippen LogP contribution < -0.4 is 0 Å². The number of para-hydroxylation sites is 1. The van der Waals surface area contributed by atoms with Crippen molar-refractivity contribution in [3.63, 3.8) is 0 Å². The van der Waals surface area contributed by atoms with Gasteiger partial charge in [-0.3, -0.25) is 4.79 Å². The summed E-state index contributed by atoms with van der Waals surface area (Å²) in [5.41, 5.74) is 1.52. The monoisotopic (exact) mass is 273 g/mol. The van der Waals surface area contributed by atoms with Crippen molar-refractivity contribution in [2.45, 2.75) is 0 Å². The summed E-state index contributed by atoms with van der Waals surface area (Å²) in [7, 11) is 0. The molecule has 0 radical (unpaired) electrons. The second-order valence-corrected chi connectivity index (χ2v) is 4.61. The van der Waals surface area contributed by atoms with Crippen LogP contribution in [0.5, 0.6) is 0 Å². The van der Waals surface area contributed by atoms with Crippen LogP contribution in [0, 0.1) is 5.82 Å². The van der Waals surface area contributed by atoms with Crippen molar-refractivity contribution >= 4 is 28.3 Å². The number of aromatic amines is 1. The molecule has 1 N–H and O–H groups in total. The quantitative estimate of drug-likeness (QED) is 0.698. The fourth-order valence-corrected chi connectivity index (χ4v) is 2.32. The number of halogens is 2. The number of hydrogen-bond acceptors (Lipinski definition) is 1. The topological polar surface area (TPSA) is 32.9 Å². The van der Waals surface area contributed by atoms with Crippen molar-refractivity contribution in [3.8, 4) is 0 Å². The summed E-state index contributed by atoms with van der Waals surface area (Å²) in [5, 5.41) is 1.29. The molecule has 1 aromatic heterocycles. The minimum Gasteiger partial charge on any atom is -0.359 e. The van der Waals surface area contributed by atoms with E-state index in [2.05, 4.69) is 4.98 Å². The van der Waals surface area contributed by atoms with Crippen LogP contribution in [0.4, 0.5) is 4.39 Å². The molecular weight excluding hydrogens is 265 g/mol. The maximum Gasteiger partial charge on any atom is 0.195 e. The van der Waals surface area contributed by atoms with Gasteiger partial charge in [0, 0.05) is 22.7 Å². The van der Waals surface area contributed by atoms with Crippen molar-refractivity contribution in [1.29, 1.82) is 0 Å². The Kier molecular flexibility index (Phi) is 2.84. The first kappa shape index (κ1) is 11.9. The second-order valence-electron chi connectivity index (χ2n) is 4.20. The fourth-order valence-electron chi connectivity index (χ4n) is 2.09. The van der Waals surface area contributed by atoms with Crippen molar-refractivity contribution in [1.82, 2.24) is 4.98 Å². The molecule has 1 heterocycles. The van der Waals surface area contributed by atoms with E-state index in [-0.39, 0.29) is 5.78 Å². The third-order valence-electron chi connectivity index (χ3n) is 3.00. The van der Waals surface area contributed by atoms with Gasteiger partial charge in [0.2, 0.25) is 0 Å². The minimum absolute atomic E-state index is 0.229. The maximum atomic E-state index is 13.2. The number of fused-ring (bicyclic) bond motifs is 1. The molecule has 4 heteroatoms. The van der Waals surface area contributed by atoms with Gasteiger partial charge in [-0.1, -0.05) is 35.9 Å². The predicted molar refractivity (Wildman–Crippen MR) is 73.1 cm³/mol. The van der Waals surface area contributed by atoms with E-state index >= 15 is 0 Å². The Morgan fingerprint density at radius 3 is 2.74 bits per heavy atom. The van der Waals surface area contributed by atoms with Crippen LogP contribution in [0.15, 0.2) is 48.7 Å². The number of H-pyrrole nitrogens is 1. The maximum absolute atomic E-state index is 13.2. The van der Waals surface area contributed by atoms with Crippen LogP contribution in [-0.2, 0) is 0 Å². The Bertz CT molecular complexity index is 779. The van der Waals surface area contributed by atoms with Crippen LogP contribution in [0.1, 0.15) is 15.9 Å². The van der Waals surface area contributed by atoms with Crippen molar-refractivity contribution in [3.05, 3.63) is 70.6 Å². The van der Waals surface area contributed by atoms with Gasteiger partial charge in [-0.05, 0) is 18.2 Å². The van der Waals surface area contributed by atoms with Crippen LogP contribution >= 0.6 is 11.6 Å². The molecule has 0 amide bonds. The van der Waals surface area contributed by atoms with Gasteiger partial charge in [0.25, 0.3) is 0 Å². The highest BCUT2D eigenvalue weighted by Gasteiger charge is 2.15. The molecule has 0 saturated heterocycles. The van der Waals surface area contributed by atoms with Gasteiger partial charge >= 0.3 is 0 Å². The first-order valence-electron chi connectivity index (χ1n) is 5.72. The molecule has 0 saturated carbocycles. The Hall–Kier alpha value is -2.13. The summed E-state index contributed by atoms with van der Waals surface area (Å²) in [5.74, 6) is -0.656. The smallest absolute Gasteiger partial charge is 0.195 e. The second kappa shape index (κ2) is 4.52. The number of benzene rings is 2. The van der Waals surface area contributed by atoms with Crippen molar-refractivity contribution in [2.24, 2.45) is 0 Å². The molecule has 2 aromatic carbocycles. The van der Waals surface area contributed by atoms with Crippen LogP contribution in [0.2, 0.25) is 5.02 Å². The molecule has 3 aromatic rings. The molecule has 0 bridgehead atoms. The number of ketones is 1. The fraction of sp³-hybridized carbons (Fsp3) is 0. The lowest BCUT2D eigenvalue weighted by atomic mass is 10.0. The van der Waals surface area contributed by atoms with Gasteiger partial charge in [-0.2, -0.15) is 0 Å². The SMILES string of the molecule is O=C(c1cccc(F)c1)c1c[nH]c2c(Cl)cccc12. The molecule has 94 valence electrons. The van der Waals surface area contributed by atoms with E-state index in [9.17, 15) is 9.18 Å². The highest BCUT2D eigenvalue weighted by molar-refractivity contribution is 6.35. The number of aromatic nitrogens is 1. The lowest BCUT2D eigenvalue weighted by Gasteiger charge is -2.00. The number of rotatable bonds is 2. The minimum atomic E-state index is -0.427. The highest BCUT2D eigenvalue weighted by Crippen LogP contribution is 2.26. The molecule has 0 atom stereocenters. The molecule has 19 heavy (non-hydrogen) atoms. The van der Waals surface area contributed by atoms with Gasteiger partial charge in [-0.15, -0.1) is 0 Å². The molecule has 0 aliphatic heterocycles. The summed E-state index contributed by atoms with van der Waals surface area (Å²) in [6.07, 6.45) is 1.60. The largest absolute Gasteiger partial charge is 0.359 e. The van der Waals surface area contributed by atoms with Gasteiger partial charge < -0.3 is 4.98 Å². The van der Waals surface area contributed by atoms with E-state index < -0.39 is 5.82 Å². The molecule has 2 nitrogen and oxygen atoms in total. The lowest BCUT2D eigenvalue weighted by molar-refractivity contribution is 0.104. The molecule has 0 unspecified atom stereocenters. The molecule has 0 aliphatic rings. The van der Waals surface area contributed by atoms with E-state index in [0.29, 0.717) is 21.7 Å². The third-order valence-corrected chi connectivity index (χ3v) is 3.31. The van der Waals surface area contributed by atoms with Crippen LogP contribution in [-0.4, -0.2) is 10.8 Å². The van der Waals surface area contributed by atoms with E-state index in [1.807, 2.05) is 6.07 Å². The van der Waals surface area contributed by atoms with Gasteiger partial charge in [0.15, 0.2) is 5.78 Å². The zero-order valence-corrected chi connectivity index (χ0v) is 10.5. The molecule has 0 aliphatic carbocycles. The summed E-state index contributed by atoms with van der Waals surface area (Å²) in [6.45, 7) is 0. The Balaban J connectivity index is 2.15. The third kappa shape index (κ3) is 2.02. The predicted octanol–water partition coefficient (Wildman–Crippen LogP) is 4.19. The van der Waals surface area contributed by atoms with Gasteiger partial charge in [0.1, 0.15) is 5.82 Å². The van der Waals surface area contributed by atoms with Crippen LogP contribution in [0.25, 0.3) is 10.9 Å². The molecular formula is C15H9ClFNO. The first-order valence-corrected chi connectivity index (χ1v) is 6.10. The summed E-state index contributed by atoms with van der Waals surface area (Å²) >= 11 is 6.04. The van der Waals surface area contributed by atoms with Crippen LogP contribution in [0.3, 0.4) is 0 Å². The van der Waals surface area contributed by atoms with Gasteiger partial charge in [-0.25, -0.2) is 4.39 Å². The van der Waals surface area contributed by atoms with E-state index in [1.165, 1.54) is 18.2 Å². The lowest BCUT2D eigenvalue weighted by Crippen LogP contribution is -2.00. The van der Waals surface area contributed by atoms with Crippen molar-refractivity contribution in [2.75, 3.05) is 0 Å². The Morgan fingerprint density at radius 2 is 1.95 bits per heavy atom. The average Bonchev–Trinajstić information content (AvgIpc) is 2.83. The van der Waals surface area contributed by atoms with Gasteiger partial charge in [0.05, 0.1) is 10.5 Å². The zero-order valence-electron chi connectivity index (χ0n) is 9.78. The van der Waals surface area contributed by atoms with E-state index in [0.717, 1.165) is 5.39 Å². The highest BCUT2D eigenvalue weighted by atomic mass is 35.5. The summed E-state index contributed by atoms with van der Waals surface area (Å²) in [4.78, 5) is 15.3. The number of carbonyl (C=O) groups excluding carboxylic acids is 1. The molecule has 3 rings (SSSR count). The summed E-state index contributed by atoms with van der Waals surface area (Å²) < 4.78 is 13.2. The standard InChI is InChI=1S/C15H9ClFNO/c16-13-6-2-5-11-12(8-18-14(11)13)15(19)9-3-1-4-10(17)7-9/h1-8,18H. The molecule has 0 spiro atoms. The number of carbonyl (C=O) groups is 1. The Labute approximate surface area is 113 Å². The summed E-state index contributed by atoms with van der Waals surface area (Å²) in [6, 6.07) is 11.0. The van der Waals surface area contributed by atoms with Crippen molar-refractivity contribution < 1.29 is 9.18 Å². The number of hydrogen-bond donors (Lipinski definition) is 1. The molecule has 0 fully saturated rings. The Morgan fingerprint density at radius 1 is 1.16 bits per heavy atom. The average molecular weight is 274 g/mol. The van der Waals surface area contributed by atoms with E-state index in [4.69, 9.17) is 11.6 Å². The number of nitrogens with one attached hydrogen (secondary N) is 1. The first-order chi connectivity index (χ1) is 9.16. The zero-order chi connectivity index (χ0) is 13.4.